The van der Waals surface area contributed by atoms with Crippen molar-refractivity contribution in [2.24, 2.45) is 5.92 Å². The number of hydrazine groups is 1. The van der Waals surface area contributed by atoms with Gasteiger partial charge in [0.15, 0.2) is 5.11 Å². The second kappa shape index (κ2) is 10.4. The number of thiocarbonyl (C=S) groups is 1. The van der Waals surface area contributed by atoms with Gasteiger partial charge >= 0.3 is 0 Å². The van der Waals surface area contributed by atoms with Gasteiger partial charge in [0, 0.05) is 4.47 Å². The molecule has 0 fully saturated rings. The summed E-state index contributed by atoms with van der Waals surface area (Å²) in [5.74, 6) is -0.199. The molecule has 28 heavy (non-hydrogen) atoms. The largest absolute Gasteiger partial charge is 0.492 e. The van der Waals surface area contributed by atoms with Crippen LogP contribution in [0.4, 0.5) is 0 Å². The minimum Gasteiger partial charge on any atom is -0.492 e. The summed E-state index contributed by atoms with van der Waals surface area (Å²) < 4.78 is 6.42. The molecule has 148 valence electrons. The Hall–Kier alpha value is -2.16. The van der Waals surface area contributed by atoms with Gasteiger partial charge in [0.05, 0.1) is 22.8 Å². The number of halogens is 2. The Labute approximate surface area is 182 Å². The van der Waals surface area contributed by atoms with Gasteiger partial charge in [-0.15, -0.1) is 0 Å². The zero-order chi connectivity index (χ0) is 20.7. The predicted molar refractivity (Wildman–Crippen MR) is 117 cm³/mol. The Morgan fingerprint density at radius 2 is 1.82 bits per heavy atom. The Balaban J connectivity index is 1.98. The Kier molecular flexibility index (Phi) is 8.22. The van der Waals surface area contributed by atoms with Gasteiger partial charge in [-0.3, -0.25) is 25.8 Å². The lowest BCUT2D eigenvalue weighted by Gasteiger charge is -2.15. The molecule has 0 aromatic heterocycles. The third-order valence-electron chi connectivity index (χ3n) is 3.39. The maximum Gasteiger partial charge on any atom is 0.271 e. The van der Waals surface area contributed by atoms with Gasteiger partial charge in [-0.05, 0) is 48.5 Å². The van der Waals surface area contributed by atoms with Crippen molar-refractivity contribution in [2.45, 2.75) is 13.8 Å². The standard InChI is InChI=1S/C19H19BrClN3O3S/c1-11(2)10-27-16-8-7-12(20)9-14(16)17(25)22-19(28)24-23-18(26)13-5-3-4-6-15(13)21/h3-9,11H,10H2,1-2H3,(H,23,26)(H2,22,24,25,28). The molecule has 0 radical (unpaired) electrons. The van der Waals surface area contributed by atoms with E-state index >= 15 is 0 Å². The molecule has 3 N–H and O–H groups in total. The average molecular weight is 485 g/mol. The molecule has 6 nitrogen and oxygen atoms in total. The van der Waals surface area contributed by atoms with Crippen molar-refractivity contribution in [1.82, 2.24) is 16.2 Å². The van der Waals surface area contributed by atoms with Crippen molar-refractivity contribution in [3.63, 3.8) is 0 Å². The lowest BCUT2D eigenvalue weighted by Crippen LogP contribution is -2.48. The minimum absolute atomic E-state index is 0.0693. The molecule has 2 rings (SSSR count). The summed E-state index contributed by atoms with van der Waals surface area (Å²) in [6, 6.07) is 11.7. The molecule has 2 aromatic rings. The van der Waals surface area contributed by atoms with E-state index in [-0.39, 0.29) is 10.7 Å². The van der Waals surface area contributed by atoms with Crippen molar-refractivity contribution in [2.75, 3.05) is 6.61 Å². The molecule has 9 heteroatoms. The predicted octanol–water partition coefficient (Wildman–Crippen LogP) is 4.09. The van der Waals surface area contributed by atoms with Crippen LogP contribution in [-0.4, -0.2) is 23.5 Å². The fourth-order valence-electron chi connectivity index (χ4n) is 2.09. The van der Waals surface area contributed by atoms with Crippen LogP contribution in [0.15, 0.2) is 46.9 Å². The molecular formula is C19H19BrClN3O3S. The molecule has 2 amide bonds. The van der Waals surface area contributed by atoms with E-state index in [1.807, 2.05) is 13.8 Å². The first-order valence-electron chi connectivity index (χ1n) is 8.36. The van der Waals surface area contributed by atoms with Crippen molar-refractivity contribution >= 4 is 56.7 Å². The monoisotopic (exact) mass is 483 g/mol. The molecule has 0 spiro atoms. The number of ether oxygens (including phenoxy) is 1. The van der Waals surface area contributed by atoms with E-state index in [9.17, 15) is 9.59 Å². The second-order valence-electron chi connectivity index (χ2n) is 6.19. The zero-order valence-corrected chi connectivity index (χ0v) is 18.4. The molecule has 0 aliphatic heterocycles. The molecule has 2 aromatic carbocycles. The van der Waals surface area contributed by atoms with Crippen LogP contribution < -0.4 is 20.9 Å². The number of hydrogen-bond donors (Lipinski definition) is 3. The van der Waals surface area contributed by atoms with Crippen molar-refractivity contribution < 1.29 is 14.3 Å². The third-order valence-corrected chi connectivity index (χ3v) is 4.42. The van der Waals surface area contributed by atoms with Gasteiger partial charge < -0.3 is 4.74 Å². The van der Waals surface area contributed by atoms with Gasteiger partial charge in [0.2, 0.25) is 0 Å². The highest BCUT2D eigenvalue weighted by atomic mass is 79.9. The van der Waals surface area contributed by atoms with Gasteiger partial charge in [-0.1, -0.05) is 53.5 Å². The number of carbonyl (C=O) groups excluding carboxylic acids is 2. The highest BCUT2D eigenvalue weighted by Crippen LogP contribution is 2.23. The summed E-state index contributed by atoms with van der Waals surface area (Å²) in [4.78, 5) is 24.7. The zero-order valence-electron chi connectivity index (χ0n) is 15.2. The maximum absolute atomic E-state index is 12.6. The molecule has 0 heterocycles. The van der Waals surface area contributed by atoms with Crippen LogP contribution in [-0.2, 0) is 0 Å². The summed E-state index contributed by atoms with van der Waals surface area (Å²) in [6.45, 7) is 4.50. The van der Waals surface area contributed by atoms with Gasteiger partial charge in [0.25, 0.3) is 11.8 Å². The topological polar surface area (TPSA) is 79.5 Å². The normalized spacial score (nSPS) is 10.3. The van der Waals surface area contributed by atoms with Crippen LogP contribution in [0.3, 0.4) is 0 Å². The molecule has 0 unspecified atom stereocenters. The average Bonchev–Trinajstić information content (AvgIpc) is 2.65. The number of rotatable bonds is 5. The highest BCUT2D eigenvalue weighted by Gasteiger charge is 2.16. The number of hydrogen-bond acceptors (Lipinski definition) is 4. The highest BCUT2D eigenvalue weighted by molar-refractivity contribution is 9.10. The van der Waals surface area contributed by atoms with Gasteiger partial charge in [0.1, 0.15) is 5.75 Å². The number of amides is 2. The van der Waals surface area contributed by atoms with Crippen molar-refractivity contribution in [3.8, 4) is 5.75 Å². The summed E-state index contributed by atoms with van der Waals surface area (Å²) in [7, 11) is 0. The van der Waals surface area contributed by atoms with E-state index in [0.717, 1.165) is 4.47 Å². The molecule has 0 atom stereocenters. The third kappa shape index (κ3) is 6.47. The van der Waals surface area contributed by atoms with Crippen LogP contribution in [0.25, 0.3) is 0 Å². The minimum atomic E-state index is -0.481. The van der Waals surface area contributed by atoms with Crippen molar-refractivity contribution in [3.05, 3.63) is 63.1 Å². The number of nitrogens with one attached hydrogen (secondary N) is 3. The van der Waals surface area contributed by atoms with Crippen LogP contribution in [0.2, 0.25) is 5.02 Å². The molecule has 0 saturated carbocycles. The van der Waals surface area contributed by atoms with E-state index < -0.39 is 11.8 Å². The van der Waals surface area contributed by atoms with E-state index in [2.05, 4.69) is 32.1 Å². The Bertz CT molecular complexity index is 892. The van der Waals surface area contributed by atoms with Crippen LogP contribution in [0.5, 0.6) is 5.75 Å². The molecule has 0 aliphatic rings. The second-order valence-corrected chi connectivity index (χ2v) is 7.92. The molecule has 0 bridgehead atoms. The smallest absolute Gasteiger partial charge is 0.271 e. The first-order chi connectivity index (χ1) is 13.3. The quantitative estimate of drug-likeness (QED) is 0.440. The Morgan fingerprint density at radius 3 is 2.50 bits per heavy atom. The van der Waals surface area contributed by atoms with Gasteiger partial charge in [-0.25, -0.2) is 0 Å². The first-order valence-corrected chi connectivity index (χ1v) is 9.94. The molecule has 0 saturated heterocycles. The lowest BCUT2D eigenvalue weighted by atomic mass is 10.2. The number of carbonyl (C=O) groups is 2. The molecule has 0 aliphatic carbocycles. The van der Waals surface area contributed by atoms with Crippen LogP contribution in [0, 0.1) is 5.92 Å². The Morgan fingerprint density at radius 1 is 1.11 bits per heavy atom. The molecular weight excluding hydrogens is 466 g/mol. The van der Waals surface area contributed by atoms with E-state index in [1.54, 1.807) is 42.5 Å². The van der Waals surface area contributed by atoms with Gasteiger partial charge in [-0.2, -0.15) is 0 Å². The van der Waals surface area contributed by atoms with E-state index in [0.29, 0.717) is 28.9 Å². The fraction of sp³-hybridized carbons (Fsp3) is 0.211. The SMILES string of the molecule is CC(C)COc1ccc(Br)cc1C(=O)NC(=S)NNC(=O)c1ccccc1Cl. The summed E-state index contributed by atoms with van der Waals surface area (Å²) >= 11 is 14.4. The van der Waals surface area contributed by atoms with Crippen molar-refractivity contribution in [1.29, 1.82) is 0 Å². The summed E-state index contributed by atoms with van der Waals surface area (Å²) in [6.07, 6.45) is 0. The fourth-order valence-corrected chi connectivity index (χ4v) is 2.82. The number of benzene rings is 2. The van der Waals surface area contributed by atoms with E-state index in [1.165, 1.54) is 0 Å². The van der Waals surface area contributed by atoms with E-state index in [4.69, 9.17) is 28.6 Å². The van der Waals surface area contributed by atoms with Crippen LogP contribution >= 0.6 is 39.7 Å². The summed E-state index contributed by atoms with van der Waals surface area (Å²) in [5, 5.41) is 2.74. The first kappa shape index (κ1) is 22.1. The summed E-state index contributed by atoms with van der Waals surface area (Å²) in [5.41, 5.74) is 5.47. The van der Waals surface area contributed by atoms with Crippen LogP contribution in [0.1, 0.15) is 34.6 Å². The lowest BCUT2D eigenvalue weighted by molar-refractivity contribution is 0.0933. The maximum atomic E-state index is 12.6.